The number of benzene rings is 3. The van der Waals surface area contributed by atoms with Crippen molar-refractivity contribution in [3.8, 4) is 11.8 Å². The van der Waals surface area contributed by atoms with Gasteiger partial charge >= 0.3 is 0 Å². The highest BCUT2D eigenvalue weighted by molar-refractivity contribution is 8.03. The van der Waals surface area contributed by atoms with Crippen LogP contribution in [-0.2, 0) is 9.59 Å². The highest BCUT2D eigenvalue weighted by atomic mass is 35.5. The zero-order valence-electron chi connectivity index (χ0n) is 21.7. The summed E-state index contributed by atoms with van der Waals surface area (Å²) in [6.45, 7) is 3.69. The smallest absolute Gasteiger partial charge is 0.254 e. The number of hydrogen-bond acceptors (Lipinski definition) is 6. The van der Waals surface area contributed by atoms with Gasteiger partial charge in [-0.1, -0.05) is 71.9 Å². The van der Waals surface area contributed by atoms with Gasteiger partial charge in [0, 0.05) is 22.0 Å². The van der Waals surface area contributed by atoms with E-state index < -0.39 is 11.8 Å². The van der Waals surface area contributed by atoms with Crippen molar-refractivity contribution in [1.29, 1.82) is 5.26 Å². The number of rotatable bonds is 8. The molecule has 0 spiro atoms. The number of allylic oxidation sites excluding steroid dienone is 2. The maximum Gasteiger partial charge on any atom is 0.254 e. The fourth-order valence-corrected chi connectivity index (χ4v) is 5.46. The SMILES string of the molecule is COc1ccccc1NC(=O)C1=C(C)NC(SCC(=O)Nc2ccccc2C)=C(C#N)[C@H]1c1ccccc1Cl. The number of para-hydroxylation sites is 3. The summed E-state index contributed by atoms with van der Waals surface area (Å²) in [5, 5.41) is 20.2. The number of nitriles is 1. The minimum absolute atomic E-state index is 0.0626. The maximum atomic E-state index is 13.7. The van der Waals surface area contributed by atoms with Crippen LogP contribution in [0.15, 0.2) is 94.7 Å². The Morgan fingerprint density at radius 1 is 1.00 bits per heavy atom. The van der Waals surface area contributed by atoms with E-state index in [2.05, 4.69) is 22.0 Å². The van der Waals surface area contributed by atoms with E-state index in [4.69, 9.17) is 16.3 Å². The van der Waals surface area contributed by atoms with Crippen LogP contribution in [0.5, 0.6) is 5.75 Å². The van der Waals surface area contributed by atoms with Gasteiger partial charge in [-0.3, -0.25) is 9.59 Å². The number of aryl methyl sites for hydroxylation is 1. The summed E-state index contributed by atoms with van der Waals surface area (Å²) in [6.07, 6.45) is 0. The quantitative estimate of drug-likeness (QED) is 0.297. The monoisotopic (exact) mass is 558 g/mol. The molecule has 1 aliphatic heterocycles. The average molecular weight is 559 g/mol. The zero-order chi connectivity index (χ0) is 27.9. The third-order valence-corrected chi connectivity index (χ3v) is 7.59. The zero-order valence-corrected chi connectivity index (χ0v) is 23.2. The van der Waals surface area contributed by atoms with E-state index >= 15 is 0 Å². The lowest BCUT2D eigenvalue weighted by molar-refractivity contribution is -0.114. The summed E-state index contributed by atoms with van der Waals surface area (Å²) in [6, 6.07) is 24.0. The van der Waals surface area contributed by atoms with Crippen LogP contribution in [0, 0.1) is 18.3 Å². The predicted octanol–water partition coefficient (Wildman–Crippen LogP) is 6.36. The van der Waals surface area contributed by atoms with E-state index in [1.165, 1.54) is 18.9 Å². The number of nitrogens with zero attached hydrogens (tertiary/aromatic N) is 1. The number of nitrogens with one attached hydrogen (secondary N) is 3. The van der Waals surface area contributed by atoms with Crippen molar-refractivity contribution in [2.24, 2.45) is 0 Å². The summed E-state index contributed by atoms with van der Waals surface area (Å²) in [7, 11) is 1.53. The Morgan fingerprint density at radius 3 is 2.36 bits per heavy atom. The molecule has 0 fully saturated rings. The van der Waals surface area contributed by atoms with Gasteiger partial charge < -0.3 is 20.7 Å². The molecule has 198 valence electrons. The minimum atomic E-state index is -0.749. The van der Waals surface area contributed by atoms with E-state index in [0.717, 1.165) is 11.3 Å². The van der Waals surface area contributed by atoms with E-state index in [1.54, 1.807) is 43.3 Å². The molecule has 39 heavy (non-hydrogen) atoms. The normalized spacial score (nSPS) is 14.8. The number of carbonyl (C=O) groups excluding carboxylic acids is 2. The van der Waals surface area contributed by atoms with Gasteiger partial charge in [0.05, 0.1) is 41.1 Å². The van der Waals surface area contributed by atoms with Crippen LogP contribution in [0.4, 0.5) is 11.4 Å². The standard InChI is InChI=1S/C30H27ClN4O3S/c1-18-10-4-7-13-23(18)34-26(36)17-39-30-21(16-32)28(20-11-5-6-12-22(20)31)27(19(2)33-30)29(37)35-24-14-8-9-15-25(24)38-3/h4-15,28,33H,17H2,1-3H3,(H,34,36)(H,35,37)/t28-/m1/s1. The highest BCUT2D eigenvalue weighted by Gasteiger charge is 2.36. The number of amides is 2. The molecule has 9 heteroatoms. The molecule has 7 nitrogen and oxygen atoms in total. The molecule has 2 amide bonds. The van der Waals surface area contributed by atoms with E-state index in [-0.39, 0.29) is 11.7 Å². The molecule has 0 aromatic heterocycles. The van der Waals surface area contributed by atoms with Crippen LogP contribution in [0.25, 0.3) is 0 Å². The van der Waals surface area contributed by atoms with Crippen molar-refractivity contribution < 1.29 is 14.3 Å². The van der Waals surface area contributed by atoms with Crippen molar-refractivity contribution in [2.45, 2.75) is 19.8 Å². The van der Waals surface area contributed by atoms with Crippen molar-refractivity contribution in [3.05, 3.63) is 111 Å². The molecule has 4 rings (SSSR count). The van der Waals surface area contributed by atoms with E-state index in [1.807, 2.05) is 43.3 Å². The van der Waals surface area contributed by atoms with Gasteiger partial charge in [-0.05, 0) is 49.2 Å². The first-order valence-corrected chi connectivity index (χ1v) is 13.5. The number of dihydropyridines is 1. The Labute approximate surface area is 236 Å². The molecule has 0 radical (unpaired) electrons. The molecule has 1 aliphatic rings. The predicted molar refractivity (Wildman–Crippen MR) is 157 cm³/mol. The molecule has 3 N–H and O–H groups in total. The number of methoxy groups -OCH3 is 1. The fourth-order valence-electron chi connectivity index (χ4n) is 4.32. The van der Waals surface area contributed by atoms with Crippen LogP contribution in [0.2, 0.25) is 5.02 Å². The van der Waals surface area contributed by atoms with Gasteiger partial charge in [-0.2, -0.15) is 5.26 Å². The average Bonchev–Trinajstić information content (AvgIpc) is 2.93. The number of carbonyl (C=O) groups is 2. The van der Waals surface area contributed by atoms with E-state index in [0.29, 0.717) is 43.9 Å². The fraction of sp³-hybridized carbons (Fsp3) is 0.167. The molecule has 0 saturated carbocycles. The molecule has 0 unspecified atom stereocenters. The van der Waals surface area contributed by atoms with Gasteiger partial charge in [0.15, 0.2) is 0 Å². The van der Waals surface area contributed by atoms with Gasteiger partial charge in [0.25, 0.3) is 5.91 Å². The highest BCUT2D eigenvalue weighted by Crippen LogP contribution is 2.43. The van der Waals surface area contributed by atoms with Crippen LogP contribution in [0.1, 0.15) is 24.0 Å². The number of thioether (sulfide) groups is 1. The van der Waals surface area contributed by atoms with Crippen molar-refractivity contribution in [2.75, 3.05) is 23.5 Å². The minimum Gasteiger partial charge on any atom is -0.495 e. The van der Waals surface area contributed by atoms with Crippen molar-refractivity contribution in [1.82, 2.24) is 5.32 Å². The lowest BCUT2D eigenvalue weighted by Gasteiger charge is -2.30. The molecule has 0 saturated heterocycles. The Balaban J connectivity index is 1.66. The van der Waals surface area contributed by atoms with E-state index in [9.17, 15) is 14.9 Å². The van der Waals surface area contributed by atoms with Crippen molar-refractivity contribution in [3.63, 3.8) is 0 Å². The summed E-state index contributed by atoms with van der Waals surface area (Å²) in [5.41, 5.74) is 3.99. The summed E-state index contributed by atoms with van der Waals surface area (Å²) in [4.78, 5) is 26.5. The number of hydrogen-bond donors (Lipinski definition) is 3. The lowest BCUT2D eigenvalue weighted by atomic mass is 9.82. The molecule has 3 aromatic rings. The van der Waals surface area contributed by atoms with Gasteiger partial charge in [-0.15, -0.1) is 0 Å². The molecular weight excluding hydrogens is 532 g/mol. The summed E-state index contributed by atoms with van der Waals surface area (Å²) >= 11 is 7.79. The number of halogens is 1. The van der Waals surface area contributed by atoms with Crippen LogP contribution >= 0.6 is 23.4 Å². The number of ether oxygens (including phenoxy) is 1. The molecular formula is C30H27ClN4O3S. The second kappa shape index (κ2) is 12.6. The van der Waals surface area contributed by atoms with Gasteiger partial charge in [0.1, 0.15) is 5.75 Å². The molecule has 1 atom stereocenters. The Kier molecular flexibility index (Phi) is 8.97. The third-order valence-electron chi connectivity index (χ3n) is 6.23. The number of anilines is 2. The second-order valence-corrected chi connectivity index (χ2v) is 10.2. The summed E-state index contributed by atoms with van der Waals surface area (Å²) < 4.78 is 5.38. The largest absolute Gasteiger partial charge is 0.495 e. The van der Waals surface area contributed by atoms with Gasteiger partial charge in [0.2, 0.25) is 5.91 Å². The first kappa shape index (κ1) is 27.8. The first-order chi connectivity index (χ1) is 18.8. The van der Waals surface area contributed by atoms with Crippen LogP contribution in [0.3, 0.4) is 0 Å². The van der Waals surface area contributed by atoms with Crippen LogP contribution < -0.4 is 20.7 Å². The molecule has 0 aliphatic carbocycles. The first-order valence-electron chi connectivity index (χ1n) is 12.1. The third kappa shape index (κ3) is 6.28. The maximum absolute atomic E-state index is 13.7. The molecule has 3 aromatic carbocycles. The Bertz CT molecular complexity index is 1530. The molecule has 0 bridgehead atoms. The van der Waals surface area contributed by atoms with Crippen molar-refractivity contribution >= 4 is 46.6 Å². The van der Waals surface area contributed by atoms with Gasteiger partial charge in [-0.25, -0.2) is 0 Å². The lowest BCUT2D eigenvalue weighted by Crippen LogP contribution is -2.31. The van der Waals surface area contributed by atoms with Crippen LogP contribution in [-0.4, -0.2) is 24.7 Å². The Hall–Kier alpha value is -4.19. The topological polar surface area (TPSA) is 103 Å². The Morgan fingerprint density at radius 2 is 1.67 bits per heavy atom. The second-order valence-electron chi connectivity index (χ2n) is 8.78. The summed E-state index contributed by atoms with van der Waals surface area (Å²) in [5.74, 6) is -0.789. The molecule has 1 heterocycles.